The molecule has 1 aliphatic carbocycles. The molecule has 0 aliphatic heterocycles. The molecule has 0 saturated heterocycles. The average Bonchev–Trinajstić information content (AvgIpc) is 2.50. The quantitative estimate of drug-likeness (QED) is 0.875. The van der Waals surface area contributed by atoms with Gasteiger partial charge in [-0.05, 0) is 37.8 Å². The standard InChI is InChI=1S/C17H26N2O2/c1-12-8-4-5-9-14(12)18-13(2)17(20)19-15-10-6-7-11-16(15)21-3/h6-7,10-14,18H,4-5,8-9H2,1-3H3,(H,19,20)/t12-,13+,14-/m1/s1. The van der Waals surface area contributed by atoms with Crippen molar-refractivity contribution >= 4 is 11.6 Å². The Morgan fingerprint density at radius 2 is 2.00 bits per heavy atom. The Morgan fingerprint density at radius 3 is 2.71 bits per heavy atom. The van der Waals surface area contributed by atoms with Gasteiger partial charge in [-0.2, -0.15) is 0 Å². The molecule has 116 valence electrons. The smallest absolute Gasteiger partial charge is 0.241 e. The number of rotatable bonds is 5. The first-order valence-corrected chi connectivity index (χ1v) is 7.81. The van der Waals surface area contributed by atoms with Gasteiger partial charge in [0.05, 0.1) is 18.8 Å². The number of carbonyl (C=O) groups excluding carboxylic acids is 1. The fourth-order valence-corrected chi connectivity index (χ4v) is 2.95. The van der Waals surface area contributed by atoms with Gasteiger partial charge < -0.3 is 15.4 Å². The lowest BCUT2D eigenvalue weighted by Crippen LogP contribution is -2.47. The molecule has 4 nitrogen and oxygen atoms in total. The van der Waals surface area contributed by atoms with Gasteiger partial charge in [0.15, 0.2) is 0 Å². The maximum atomic E-state index is 12.3. The summed E-state index contributed by atoms with van der Waals surface area (Å²) in [5.41, 5.74) is 0.718. The molecule has 21 heavy (non-hydrogen) atoms. The van der Waals surface area contributed by atoms with Gasteiger partial charge in [0.2, 0.25) is 5.91 Å². The van der Waals surface area contributed by atoms with E-state index in [4.69, 9.17) is 4.74 Å². The molecule has 4 heteroatoms. The van der Waals surface area contributed by atoms with E-state index in [1.165, 1.54) is 19.3 Å². The molecule has 1 aromatic carbocycles. The summed E-state index contributed by atoms with van der Waals surface area (Å²) in [4.78, 5) is 12.3. The van der Waals surface area contributed by atoms with Gasteiger partial charge in [0.25, 0.3) is 0 Å². The minimum Gasteiger partial charge on any atom is -0.495 e. The normalized spacial score (nSPS) is 23.4. The van der Waals surface area contributed by atoms with Gasteiger partial charge in [0, 0.05) is 6.04 Å². The fourth-order valence-electron chi connectivity index (χ4n) is 2.95. The van der Waals surface area contributed by atoms with Crippen LogP contribution in [0.25, 0.3) is 0 Å². The highest BCUT2D eigenvalue weighted by atomic mass is 16.5. The largest absolute Gasteiger partial charge is 0.495 e. The Bertz CT molecular complexity index is 476. The molecule has 2 N–H and O–H groups in total. The monoisotopic (exact) mass is 290 g/mol. The van der Waals surface area contributed by atoms with Gasteiger partial charge in [-0.25, -0.2) is 0 Å². The Balaban J connectivity index is 1.93. The van der Waals surface area contributed by atoms with E-state index in [1.54, 1.807) is 7.11 Å². The van der Waals surface area contributed by atoms with E-state index in [2.05, 4.69) is 17.6 Å². The van der Waals surface area contributed by atoms with E-state index < -0.39 is 0 Å². The summed E-state index contributed by atoms with van der Waals surface area (Å²) in [6, 6.07) is 7.71. The predicted molar refractivity (Wildman–Crippen MR) is 85.6 cm³/mol. The predicted octanol–water partition coefficient (Wildman–Crippen LogP) is 3.19. The highest BCUT2D eigenvalue weighted by Gasteiger charge is 2.25. The molecule has 0 heterocycles. The molecular formula is C17H26N2O2. The first kappa shape index (κ1) is 15.8. The van der Waals surface area contributed by atoms with Gasteiger partial charge in [0.1, 0.15) is 5.75 Å². The number of ether oxygens (including phenoxy) is 1. The molecule has 0 aromatic heterocycles. The van der Waals surface area contributed by atoms with Crippen molar-refractivity contribution in [1.82, 2.24) is 5.32 Å². The second-order valence-corrected chi connectivity index (χ2v) is 5.95. The number of hydrogen-bond donors (Lipinski definition) is 2. The number of amides is 1. The molecule has 1 amide bonds. The number of methoxy groups -OCH3 is 1. The first-order valence-electron chi connectivity index (χ1n) is 7.81. The van der Waals surface area contributed by atoms with Gasteiger partial charge >= 0.3 is 0 Å². The molecule has 0 spiro atoms. The van der Waals surface area contributed by atoms with Crippen LogP contribution in [0.1, 0.15) is 39.5 Å². The lowest BCUT2D eigenvalue weighted by Gasteiger charge is -2.31. The summed E-state index contributed by atoms with van der Waals surface area (Å²) in [6.45, 7) is 4.19. The summed E-state index contributed by atoms with van der Waals surface area (Å²) in [5, 5.41) is 6.41. The van der Waals surface area contributed by atoms with E-state index in [0.717, 1.165) is 12.1 Å². The summed E-state index contributed by atoms with van der Waals surface area (Å²) in [6.07, 6.45) is 4.97. The summed E-state index contributed by atoms with van der Waals surface area (Å²) in [7, 11) is 1.61. The Kier molecular flexibility index (Phi) is 5.62. The maximum absolute atomic E-state index is 12.3. The second-order valence-electron chi connectivity index (χ2n) is 5.95. The molecular weight excluding hydrogens is 264 g/mol. The van der Waals surface area contributed by atoms with Crippen LogP contribution < -0.4 is 15.4 Å². The molecule has 0 unspecified atom stereocenters. The highest BCUT2D eigenvalue weighted by molar-refractivity contribution is 5.95. The molecule has 3 atom stereocenters. The van der Waals surface area contributed by atoms with Crippen molar-refractivity contribution < 1.29 is 9.53 Å². The van der Waals surface area contributed by atoms with E-state index in [-0.39, 0.29) is 11.9 Å². The lowest BCUT2D eigenvalue weighted by molar-refractivity contribution is -0.118. The SMILES string of the molecule is COc1ccccc1NC(=O)[C@H](C)N[C@@H]1CCCC[C@H]1C. The molecule has 1 saturated carbocycles. The Morgan fingerprint density at radius 1 is 1.29 bits per heavy atom. The van der Waals surface area contributed by atoms with E-state index in [0.29, 0.717) is 17.7 Å². The van der Waals surface area contributed by atoms with Crippen molar-refractivity contribution in [1.29, 1.82) is 0 Å². The number of benzene rings is 1. The molecule has 0 bridgehead atoms. The number of carbonyl (C=O) groups is 1. The molecule has 2 rings (SSSR count). The number of anilines is 1. The average molecular weight is 290 g/mol. The van der Waals surface area contributed by atoms with Crippen LogP contribution in [0.4, 0.5) is 5.69 Å². The number of hydrogen-bond acceptors (Lipinski definition) is 3. The van der Waals surface area contributed by atoms with Crippen LogP contribution in [-0.2, 0) is 4.79 Å². The van der Waals surface area contributed by atoms with Crippen LogP contribution in [0, 0.1) is 5.92 Å². The zero-order chi connectivity index (χ0) is 15.2. The summed E-state index contributed by atoms with van der Waals surface area (Å²) < 4.78 is 5.26. The van der Waals surface area contributed by atoms with Crippen LogP contribution in [0.15, 0.2) is 24.3 Å². The fraction of sp³-hybridized carbons (Fsp3) is 0.588. The van der Waals surface area contributed by atoms with Crippen LogP contribution >= 0.6 is 0 Å². The molecule has 1 fully saturated rings. The first-order chi connectivity index (χ1) is 10.1. The Labute approximate surface area is 127 Å². The lowest BCUT2D eigenvalue weighted by atomic mass is 9.85. The van der Waals surface area contributed by atoms with Crippen molar-refractivity contribution in [2.45, 2.75) is 51.6 Å². The third-order valence-corrected chi connectivity index (χ3v) is 4.33. The van der Waals surface area contributed by atoms with E-state index in [1.807, 2.05) is 31.2 Å². The topological polar surface area (TPSA) is 50.4 Å². The Hall–Kier alpha value is -1.55. The third kappa shape index (κ3) is 4.21. The minimum atomic E-state index is -0.208. The van der Waals surface area contributed by atoms with Crippen LogP contribution in [0.3, 0.4) is 0 Å². The van der Waals surface area contributed by atoms with Crippen molar-refractivity contribution in [3.05, 3.63) is 24.3 Å². The van der Waals surface area contributed by atoms with Crippen molar-refractivity contribution in [3.63, 3.8) is 0 Å². The van der Waals surface area contributed by atoms with Crippen LogP contribution in [-0.4, -0.2) is 25.1 Å². The van der Waals surface area contributed by atoms with Crippen LogP contribution in [0.5, 0.6) is 5.75 Å². The van der Waals surface area contributed by atoms with E-state index in [9.17, 15) is 4.79 Å². The van der Waals surface area contributed by atoms with Crippen molar-refractivity contribution in [3.8, 4) is 5.75 Å². The molecule has 1 aliphatic rings. The second kappa shape index (κ2) is 7.46. The van der Waals surface area contributed by atoms with Crippen LogP contribution in [0.2, 0.25) is 0 Å². The summed E-state index contributed by atoms with van der Waals surface area (Å²) >= 11 is 0. The van der Waals surface area contributed by atoms with Crippen molar-refractivity contribution in [2.75, 3.05) is 12.4 Å². The molecule has 0 radical (unpaired) electrons. The van der Waals surface area contributed by atoms with Crippen molar-refractivity contribution in [2.24, 2.45) is 5.92 Å². The summed E-state index contributed by atoms with van der Waals surface area (Å²) in [5.74, 6) is 1.31. The molecule has 1 aromatic rings. The van der Waals surface area contributed by atoms with Gasteiger partial charge in [-0.3, -0.25) is 4.79 Å². The zero-order valence-corrected chi connectivity index (χ0v) is 13.2. The maximum Gasteiger partial charge on any atom is 0.241 e. The third-order valence-electron chi connectivity index (χ3n) is 4.33. The van der Waals surface area contributed by atoms with Gasteiger partial charge in [-0.1, -0.05) is 31.9 Å². The van der Waals surface area contributed by atoms with E-state index >= 15 is 0 Å². The highest BCUT2D eigenvalue weighted by Crippen LogP contribution is 2.25. The van der Waals surface area contributed by atoms with Gasteiger partial charge in [-0.15, -0.1) is 0 Å². The minimum absolute atomic E-state index is 0.0164. The number of para-hydroxylation sites is 2. The number of nitrogens with one attached hydrogen (secondary N) is 2. The zero-order valence-electron chi connectivity index (χ0n) is 13.2.